The second-order valence-electron chi connectivity index (χ2n) is 3.42. The number of hydrogen-bond acceptors (Lipinski definition) is 0. The normalized spacial score (nSPS) is 16.2. The van der Waals surface area contributed by atoms with Gasteiger partial charge in [0, 0.05) is 25.0 Å². The number of rotatable bonds is 0. The van der Waals surface area contributed by atoms with Crippen LogP contribution in [-0.2, 0) is 6.42 Å². The fourth-order valence-corrected chi connectivity index (χ4v) is 1.74. The summed E-state index contributed by atoms with van der Waals surface area (Å²) in [5.41, 5.74) is 4.32. The van der Waals surface area contributed by atoms with Crippen molar-refractivity contribution in [1.82, 2.24) is 0 Å². The fourth-order valence-electron chi connectivity index (χ4n) is 1.74. The van der Waals surface area contributed by atoms with E-state index in [-0.39, 0.29) is 0 Å². The third kappa shape index (κ3) is 1.06. The molecule has 0 unspecified atom stereocenters. The number of para-hydroxylation sites is 1. The van der Waals surface area contributed by atoms with Crippen molar-refractivity contribution in [2.75, 3.05) is 7.05 Å². The van der Waals surface area contributed by atoms with Crippen molar-refractivity contribution in [3.8, 4) is 0 Å². The molecule has 1 aliphatic rings. The van der Waals surface area contributed by atoms with Crippen molar-refractivity contribution in [1.29, 1.82) is 0 Å². The Morgan fingerprint density at radius 2 is 1.92 bits per heavy atom. The maximum Gasteiger partial charge on any atom is 0.208 e. The Morgan fingerprint density at radius 3 is 2.75 bits per heavy atom. The summed E-state index contributed by atoms with van der Waals surface area (Å²) in [6.45, 7) is 2.20. The molecule has 1 aromatic rings. The molecule has 0 fully saturated rings. The van der Waals surface area contributed by atoms with Gasteiger partial charge in [-0.25, -0.2) is 4.58 Å². The average Bonchev–Trinajstić information content (AvgIpc) is 2.12. The Balaban J connectivity index is 2.59. The van der Waals surface area contributed by atoms with E-state index in [4.69, 9.17) is 0 Å². The zero-order chi connectivity index (χ0) is 8.55. The molecule has 0 saturated carbocycles. The summed E-state index contributed by atoms with van der Waals surface area (Å²) in [6.07, 6.45) is 2.40. The quantitative estimate of drug-likeness (QED) is 0.512. The van der Waals surface area contributed by atoms with Crippen LogP contribution in [0.2, 0.25) is 0 Å². The van der Waals surface area contributed by atoms with Crippen LogP contribution in [0.5, 0.6) is 0 Å². The fraction of sp³-hybridized carbons (Fsp3) is 0.364. The highest BCUT2D eigenvalue weighted by molar-refractivity contribution is 5.80. The molecule has 1 aliphatic heterocycles. The van der Waals surface area contributed by atoms with Crippen LogP contribution in [-0.4, -0.2) is 17.3 Å². The van der Waals surface area contributed by atoms with Gasteiger partial charge in [-0.1, -0.05) is 18.2 Å². The SMILES string of the molecule is CC1=[N+](C)c2ccccc2CC1. The summed E-state index contributed by atoms with van der Waals surface area (Å²) < 4.78 is 2.29. The van der Waals surface area contributed by atoms with Gasteiger partial charge < -0.3 is 0 Å². The lowest BCUT2D eigenvalue weighted by Crippen LogP contribution is -2.16. The molecule has 0 spiro atoms. The Kier molecular flexibility index (Phi) is 1.72. The Morgan fingerprint density at radius 1 is 1.17 bits per heavy atom. The zero-order valence-electron chi connectivity index (χ0n) is 7.67. The van der Waals surface area contributed by atoms with Gasteiger partial charge in [0.2, 0.25) is 5.69 Å². The van der Waals surface area contributed by atoms with Gasteiger partial charge in [0.1, 0.15) is 7.05 Å². The van der Waals surface area contributed by atoms with Crippen molar-refractivity contribution in [2.24, 2.45) is 0 Å². The summed E-state index contributed by atoms with van der Waals surface area (Å²) in [6, 6.07) is 8.64. The van der Waals surface area contributed by atoms with Gasteiger partial charge in [-0.15, -0.1) is 0 Å². The van der Waals surface area contributed by atoms with Crippen molar-refractivity contribution >= 4 is 11.4 Å². The van der Waals surface area contributed by atoms with Crippen LogP contribution >= 0.6 is 0 Å². The molecule has 62 valence electrons. The molecule has 0 aliphatic carbocycles. The molecule has 1 heteroatoms. The first-order valence-electron chi connectivity index (χ1n) is 4.43. The molecule has 1 aromatic carbocycles. The van der Waals surface area contributed by atoms with Crippen molar-refractivity contribution in [3.05, 3.63) is 29.8 Å². The highest BCUT2D eigenvalue weighted by Gasteiger charge is 2.18. The van der Waals surface area contributed by atoms with Crippen LogP contribution < -0.4 is 0 Å². The first-order valence-corrected chi connectivity index (χ1v) is 4.43. The first kappa shape index (κ1) is 7.53. The van der Waals surface area contributed by atoms with Crippen LogP contribution in [0.25, 0.3) is 0 Å². The first-order chi connectivity index (χ1) is 5.79. The van der Waals surface area contributed by atoms with Gasteiger partial charge in [-0.3, -0.25) is 0 Å². The average molecular weight is 160 g/mol. The second-order valence-corrected chi connectivity index (χ2v) is 3.42. The number of nitrogens with zero attached hydrogens (tertiary/aromatic N) is 1. The van der Waals surface area contributed by atoms with Gasteiger partial charge >= 0.3 is 0 Å². The van der Waals surface area contributed by atoms with Gasteiger partial charge in [-0.05, 0) is 6.42 Å². The van der Waals surface area contributed by atoms with Crippen LogP contribution in [0.3, 0.4) is 0 Å². The number of aryl methyl sites for hydroxylation is 1. The molecule has 0 amide bonds. The summed E-state index contributed by atoms with van der Waals surface area (Å²) in [7, 11) is 2.15. The van der Waals surface area contributed by atoms with Gasteiger partial charge in [-0.2, -0.15) is 0 Å². The van der Waals surface area contributed by atoms with Crippen molar-refractivity contribution < 1.29 is 4.58 Å². The molecule has 0 atom stereocenters. The largest absolute Gasteiger partial charge is 0.208 e. The van der Waals surface area contributed by atoms with E-state index < -0.39 is 0 Å². The van der Waals surface area contributed by atoms with Crippen LogP contribution in [0, 0.1) is 0 Å². The molecule has 1 heterocycles. The molecule has 1 nitrogen and oxygen atoms in total. The minimum Gasteiger partial charge on any atom is -0.203 e. The smallest absolute Gasteiger partial charge is 0.203 e. The summed E-state index contributed by atoms with van der Waals surface area (Å²) >= 11 is 0. The molecule has 0 N–H and O–H groups in total. The minimum atomic E-state index is 1.20. The van der Waals surface area contributed by atoms with Gasteiger partial charge in [0.05, 0.1) is 0 Å². The Bertz CT molecular complexity index is 337. The Labute approximate surface area is 73.4 Å². The van der Waals surface area contributed by atoms with Crippen LogP contribution in [0.4, 0.5) is 5.69 Å². The lowest BCUT2D eigenvalue weighted by Gasteiger charge is -2.11. The lowest BCUT2D eigenvalue weighted by molar-refractivity contribution is -0.409. The molecule has 0 saturated heterocycles. The summed E-state index contributed by atoms with van der Waals surface area (Å²) in [5.74, 6) is 0. The number of benzene rings is 1. The van der Waals surface area contributed by atoms with Gasteiger partial charge in [0.15, 0.2) is 5.71 Å². The van der Waals surface area contributed by atoms with E-state index >= 15 is 0 Å². The number of fused-ring (bicyclic) bond motifs is 1. The van der Waals surface area contributed by atoms with Crippen molar-refractivity contribution in [2.45, 2.75) is 19.8 Å². The molecule has 0 radical (unpaired) electrons. The predicted octanol–water partition coefficient (Wildman–Crippen LogP) is 2.37. The van der Waals surface area contributed by atoms with E-state index in [9.17, 15) is 0 Å². The van der Waals surface area contributed by atoms with E-state index in [1.807, 2.05) is 0 Å². The second kappa shape index (κ2) is 2.74. The molecular weight excluding hydrogens is 146 g/mol. The van der Waals surface area contributed by atoms with E-state index in [0.717, 1.165) is 0 Å². The third-order valence-corrected chi connectivity index (χ3v) is 2.68. The molecule has 12 heavy (non-hydrogen) atoms. The number of hydrogen-bond donors (Lipinski definition) is 0. The van der Waals surface area contributed by atoms with Crippen LogP contribution in [0.15, 0.2) is 24.3 Å². The monoisotopic (exact) mass is 160 g/mol. The Hall–Kier alpha value is -1.11. The van der Waals surface area contributed by atoms with E-state index in [2.05, 4.69) is 42.8 Å². The topological polar surface area (TPSA) is 3.01 Å². The minimum absolute atomic E-state index is 1.20. The highest BCUT2D eigenvalue weighted by Crippen LogP contribution is 2.23. The van der Waals surface area contributed by atoms with E-state index in [1.54, 1.807) is 0 Å². The lowest BCUT2D eigenvalue weighted by atomic mass is 10.0. The van der Waals surface area contributed by atoms with Crippen LogP contribution in [0.1, 0.15) is 18.9 Å². The highest BCUT2D eigenvalue weighted by atomic mass is 15.0. The van der Waals surface area contributed by atoms with Crippen molar-refractivity contribution in [3.63, 3.8) is 0 Å². The van der Waals surface area contributed by atoms with Gasteiger partial charge in [0.25, 0.3) is 0 Å². The molecule has 0 bridgehead atoms. The standard InChI is InChI=1S/C11H14N/c1-9-7-8-10-5-3-4-6-11(10)12(9)2/h3-6H,7-8H2,1-2H3/q+1. The molecule has 0 aromatic heterocycles. The maximum absolute atomic E-state index is 2.29. The zero-order valence-corrected chi connectivity index (χ0v) is 7.67. The maximum atomic E-state index is 2.29. The summed E-state index contributed by atoms with van der Waals surface area (Å²) in [4.78, 5) is 0. The van der Waals surface area contributed by atoms with E-state index in [0.29, 0.717) is 0 Å². The summed E-state index contributed by atoms with van der Waals surface area (Å²) in [5, 5.41) is 0. The molecular formula is C11H14N+. The molecule has 2 rings (SSSR count). The third-order valence-electron chi connectivity index (χ3n) is 2.68. The van der Waals surface area contributed by atoms with E-state index in [1.165, 1.54) is 29.8 Å². The predicted molar refractivity (Wildman–Crippen MR) is 51.3 cm³/mol.